The molecule has 0 saturated carbocycles. The maximum atomic E-state index is 6.27. The fourth-order valence-electron chi connectivity index (χ4n) is 1.71. The molecule has 0 radical (unpaired) electrons. The molecule has 1 N–H and O–H groups in total. The van der Waals surface area contributed by atoms with Crippen LogP contribution in [0.15, 0.2) is 0 Å². The van der Waals surface area contributed by atoms with Crippen LogP contribution >= 0.6 is 0 Å². The fourth-order valence-corrected chi connectivity index (χ4v) is 13.8. The minimum absolute atomic E-state index is 0. The highest BCUT2D eigenvalue weighted by Crippen LogP contribution is 2.19. The molecule has 0 aliphatic carbocycles. The zero-order valence-corrected chi connectivity index (χ0v) is 14.5. The van der Waals surface area contributed by atoms with E-state index < -0.39 is 25.2 Å². The van der Waals surface area contributed by atoms with Gasteiger partial charge in [0, 0.05) is 6.17 Å². The zero-order valence-electron chi connectivity index (χ0n) is 11.5. The Balaban J connectivity index is -0.000000163. The fraction of sp³-hybridized carbons (Fsp3) is 1.00. The second-order valence-electron chi connectivity index (χ2n) is 6.09. The molecule has 124 valence electrons. The van der Waals surface area contributed by atoms with Crippen molar-refractivity contribution < 1.29 is 8.23 Å². The summed E-state index contributed by atoms with van der Waals surface area (Å²) < 4.78 is 12.5. The van der Waals surface area contributed by atoms with Crippen LogP contribution in [0.3, 0.4) is 0 Å². The van der Waals surface area contributed by atoms with Gasteiger partial charge >= 0.3 is 8.56 Å². The lowest BCUT2D eigenvalue weighted by molar-refractivity contribution is 0.381. The topological polar surface area (TPSA) is 30.5 Å². The maximum Gasteiger partial charge on any atom is 0.328 e. The summed E-state index contributed by atoms with van der Waals surface area (Å²) in [4.78, 5) is 0. The molecule has 0 bridgehead atoms. The summed E-state index contributed by atoms with van der Waals surface area (Å²) in [5.41, 5.74) is 0. The second-order valence-corrected chi connectivity index (χ2v) is 18.8. The first kappa shape index (κ1) is 31.8. The third-order valence-corrected chi connectivity index (χ3v) is 10.9. The van der Waals surface area contributed by atoms with Gasteiger partial charge in [-0.25, -0.2) is 0 Å². The Morgan fingerprint density at radius 1 is 0.684 bits per heavy atom. The molecular weight excluding hydrogens is 286 g/mol. The van der Waals surface area contributed by atoms with Crippen molar-refractivity contribution >= 4 is 25.2 Å². The average molecular weight is 330 g/mol. The van der Waals surface area contributed by atoms with Crippen molar-refractivity contribution in [1.82, 2.24) is 5.32 Å². The predicted octanol–water partition coefficient (Wildman–Crippen LogP) is 5.06. The smallest absolute Gasteiger partial charge is 0.328 e. The third-order valence-electron chi connectivity index (χ3n) is 1.54. The molecule has 0 heterocycles. The monoisotopic (exact) mass is 329 g/mol. The molecule has 0 saturated heterocycles. The lowest BCUT2D eigenvalue weighted by atomic mass is 11.3. The first-order chi connectivity index (χ1) is 6.47. The molecule has 0 aromatic rings. The zero-order chi connectivity index (χ0) is 12.3. The summed E-state index contributed by atoms with van der Waals surface area (Å²) in [6.07, 6.45) is 0.877. The van der Waals surface area contributed by atoms with Crippen LogP contribution in [-0.2, 0) is 8.23 Å². The van der Waals surface area contributed by atoms with Gasteiger partial charge in [0.1, 0.15) is 0 Å². The summed E-state index contributed by atoms with van der Waals surface area (Å²) in [7, 11) is -3.06. The van der Waals surface area contributed by atoms with Gasteiger partial charge in [0.15, 0.2) is 16.6 Å². The Hall–Kier alpha value is 0.531. The van der Waals surface area contributed by atoms with E-state index in [0.717, 1.165) is 6.17 Å². The van der Waals surface area contributed by atoms with Crippen molar-refractivity contribution in [2.24, 2.45) is 0 Å². The van der Waals surface area contributed by atoms with Crippen molar-refractivity contribution in [3.05, 3.63) is 0 Å². The van der Waals surface area contributed by atoms with E-state index in [1.807, 2.05) is 7.05 Å². The Labute approximate surface area is 128 Å². The molecular formula is C13H43NO2Si3. The van der Waals surface area contributed by atoms with Gasteiger partial charge in [-0.15, -0.1) is 0 Å². The standard InChI is InChI=1S/C9H27NO2Si3.4CH4/c1-10-9-15(8,11-13(2,3)4)12-14(5,6)7;;;;/h10H,9H2,1-8H3;4*1H4. The first-order valence-corrected chi connectivity index (χ1v) is 14.9. The molecule has 0 aromatic heterocycles. The average Bonchev–Trinajstić information content (AvgIpc) is 1.74. The molecule has 19 heavy (non-hydrogen) atoms. The highest BCUT2D eigenvalue weighted by molar-refractivity contribution is 6.87. The Morgan fingerprint density at radius 3 is 1.11 bits per heavy atom. The van der Waals surface area contributed by atoms with Crippen LogP contribution in [0.5, 0.6) is 0 Å². The molecule has 0 rings (SSSR count). The molecule has 0 aliphatic heterocycles. The Kier molecular flexibility index (Phi) is 18.8. The van der Waals surface area contributed by atoms with Gasteiger partial charge in [0.2, 0.25) is 0 Å². The summed E-state index contributed by atoms with van der Waals surface area (Å²) in [6, 6.07) is 0. The maximum absolute atomic E-state index is 6.27. The molecule has 0 amide bonds. The van der Waals surface area contributed by atoms with Crippen LogP contribution in [0.1, 0.15) is 29.7 Å². The van der Waals surface area contributed by atoms with E-state index in [-0.39, 0.29) is 29.7 Å². The van der Waals surface area contributed by atoms with Crippen LogP contribution in [0.4, 0.5) is 0 Å². The van der Waals surface area contributed by atoms with Gasteiger partial charge in [-0.3, -0.25) is 0 Å². The second kappa shape index (κ2) is 11.2. The summed E-state index contributed by atoms with van der Waals surface area (Å²) in [5, 5.41) is 3.21. The lowest BCUT2D eigenvalue weighted by Gasteiger charge is -2.38. The van der Waals surface area contributed by atoms with Crippen LogP contribution in [-0.4, -0.2) is 38.4 Å². The number of nitrogens with one attached hydrogen (secondary N) is 1. The predicted molar refractivity (Wildman–Crippen MR) is 101 cm³/mol. The van der Waals surface area contributed by atoms with E-state index in [4.69, 9.17) is 8.23 Å². The van der Waals surface area contributed by atoms with Crippen LogP contribution in [0.25, 0.3) is 0 Å². The van der Waals surface area contributed by atoms with Crippen molar-refractivity contribution in [2.45, 2.75) is 75.5 Å². The third kappa shape index (κ3) is 18.5. The van der Waals surface area contributed by atoms with Gasteiger partial charge in [-0.05, 0) is 52.9 Å². The van der Waals surface area contributed by atoms with E-state index in [9.17, 15) is 0 Å². The van der Waals surface area contributed by atoms with Gasteiger partial charge in [0.25, 0.3) is 0 Å². The van der Waals surface area contributed by atoms with Crippen molar-refractivity contribution in [3.63, 3.8) is 0 Å². The normalized spacial score (nSPS) is 11.4. The molecule has 0 unspecified atom stereocenters. The van der Waals surface area contributed by atoms with Gasteiger partial charge < -0.3 is 13.5 Å². The van der Waals surface area contributed by atoms with E-state index in [2.05, 4.69) is 51.1 Å². The van der Waals surface area contributed by atoms with Crippen molar-refractivity contribution in [3.8, 4) is 0 Å². The summed E-state index contributed by atoms with van der Waals surface area (Å²) >= 11 is 0. The highest BCUT2D eigenvalue weighted by atomic mass is 28.5. The van der Waals surface area contributed by atoms with E-state index in [0.29, 0.717) is 0 Å². The SMILES string of the molecule is C.C.C.C.CNC[Si](C)(O[Si](C)(C)C)O[Si](C)(C)C. The van der Waals surface area contributed by atoms with E-state index >= 15 is 0 Å². The van der Waals surface area contributed by atoms with Crippen LogP contribution < -0.4 is 5.32 Å². The van der Waals surface area contributed by atoms with Gasteiger partial charge in [-0.1, -0.05) is 29.7 Å². The van der Waals surface area contributed by atoms with Crippen molar-refractivity contribution in [2.75, 3.05) is 13.2 Å². The molecule has 0 fully saturated rings. The van der Waals surface area contributed by atoms with Crippen LogP contribution in [0.2, 0.25) is 45.8 Å². The summed E-state index contributed by atoms with van der Waals surface area (Å²) in [6.45, 7) is 15.5. The Bertz CT molecular complexity index is 185. The molecule has 0 aliphatic rings. The van der Waals surface area contributed by atoms with Gasteiger partial charge in [0.05, 0.1) is 0 Å². The molecule has 0 spiro atoms. The van der Waals surface area contributed by atoms with Gasteiger partial charge in [-0.2, -0.15) is 0 Å². The molecule has 3 nitrogen and oxygen atoms in total. The number of hydrogen-bond acceptors (Lipinski definition) is 3. The molecule has 6 heteroatoms. The Morgan fingerprint density at radius 2 is 0.947 bits per heavy atom. The minimum atomic E-state index is -2.01. The van der Waals surface area contributed by atoms with Crippen molar-refractivity contribution in [1.29, 1.82) is 0 Å². The number of rotatable bonds is 6. The lowest BCUT2D eigenvalue weighted by Crippen LogP contribution is -2.57. The first-order valence-electron chi connectivity index (χ1n) is 5.52. The van der Waals surface area contributed by atoms with Crippen LogP contribution in [0, 0.1) is 0 Å². The number of hydrogen-bond donors (Lipinski definition) is 1. The highest BCUT2D eigenvalue weighted by Gasteiger charge is 2.39. The molecule has 0 atom stereocenters. The van der Waals surface area contributed by atoms with E-state index in [1.54, 1.807) is 0 Å². The quantitative estimate of drug-likeness (QED) is 0.690. The summed E-state index contributed by atoms with van der Waals surface area (Å²) in [5.74, 6) is 0. The minimum Gasteiger partial charge on any atom is -0.436 e. The largest absolute Gasteiger partial charge is 0.436 e. The molecule has 0 aromatic carbocycles. The van der Waals surface area contributed by atoms with E-state index in [1.165, 1.54) is 0 Å².